The highest BCUT2D eigenvalue weighted by Gasteiger charge is 2.51. The molecule has 236 valence electrons. The molecule has 0 aliphatic rings. The maximum absolute atomic E-state index is 13.8. The summed E-state index contributed by atoms with van der Waals surface area (Å²) in [7, 11) is 0. The van der Waals surface area contributed by atoms with Gasteiger partial charge in [-0.3, -0.25) is 4.79 Å². The molecule has 0 saturated heterocycles. The lowest BCUT2D eigenvalue weighted by Gasteiger charge is -2.46. The number of hydrogen-bond acceptors (Lipinski definition) is 2. The Balaban J connectivity index is 3.25. The molecule has 0 heterocycles. The summed E-state index contributed by atoms with van der Waals surface area (Å²) in [4.78, 5) is 12.6. The molecule has 0 aliphatic carbocycles. The van der Waals surface area contributed by atoms with E-state index in [-0.39, 0.29) is 21.7 Å². The summed E-state index contributed by atoms with van der Waals surface area (Å²) in [6.45, 7) is 30.1. The Morgan fingerprint density at radius 3 is 0.976 bits per heavy atom. The zero-order valence-corrected chi connectivity index (χ0v) is 28.5. The number of hydrogen-bond donors (Lipinski definition) is 2. The largest absolute Gasteiger partial charge is 0.471 e. The topological polar surface area (TPSA) is 49.3 Å². The van der Waals surface area contributed by atoms with E-state index < -0.39 is 29.1 Å². The van der Waals surface area contributed by atoms with Crippen LogP contribution in [0.5, 0.6) is 0 Å². The standard InChI is InChI=1S/C36H54F3NO2/c1-30(2,3)22-16-23(31(4,5)6)19-26(18-22)35(42,28(34(13,14)15)40-29(41)36(37,38)39)27-20-24(32(7,8)9)17-25(21-27)33(10,11)12/h16-21,28,42H,1-15H3,(H,40,41)/t28-/m0/s1. The van der Waals surface area contributed by atoms with Crippen LogP contribution < -0.4 is 5.32 Å². The van der Waals surface area contributed by atoms with E-state index in [1.165, 1.54) is 0 Å². The molecule has 0 radical (unpaired) electrons. The lowest BCUT2D eigenvalue weighted by Crippen LogP contribution is -2.60. The van der Waals surface area contributed by atoms with E-state index in [0.717, 1.165) is 22.3 Å². The second-order valence-electron chi connectivity index (χ2n) is 17.1. The molecule has 1 amide bonds. The van der Waals surface area contributed by atoms with Crippen LogP contribution in [0, 0.1) is 5.41 Å². The zero-order chi connectivity index (χ0) is 33.1. The van der Waals surface area contributed by atoms with E-state index in [0.29, 0.717) is 11.1 Å². The van der Waals surface area contributed by atoms with Crippen LogP contribution in [-0.2, 0) is 32.1 Å². The van der Waals surface area contributed by atoms with Gasteiger partial charge >= 0.3 is 12.1 Å². The quantitative estimate of drug-likeness (QED) is 0.374. The summed E-state index contributed by atoms with van der Waals surface area (Å²) in [5, 5.41) is 15.5. The van der Waals surface area contributed by atoms with Crippen LogP contribution in [0.25, 0.3) is 0 Å². The van der Waals surface area contributed by atoms with Gasteiger partial charge in [0.1, 0.15) is 5.60 Å². The van der Waals surface area contributed by atoms with Gasteiger partial charge in [0.25, 0.3) is 0 Å². The maximum atomic E-state index is 13.8. The van der Waals surface area contributed by atoms with Crippen LogP contribution in [-0.4, -0.2) is 23.2 Å². The van der Waals surface area contributed by atoms with Crippen LogP contribution in [0.1, 0.15) is 137 Å². The van der Waals surface area contributed by atoms with Crippen molar-refractivity contribution >= 4 is 5.91 Å². The van der Waals surface area contributed by atoms with Crippen molar-refractivity contribution < 1.29 is 23.1 Å². The van der Waals surface area contributed by atoms with Crippen LogP contribution in [0.4, 0.5) is 13.2 Å². The highest BCUT2D eigenvalue weighted by molar-refractivity contribution is 5.82. The molecule has 0 unspecified atom stereocenters. The molecule has 0 fully saturated rings. The van der Waals surface area contributed by atoms with Crippen molar-refractivity contribution in [3.63, 3.8) is 0 Å². The van der Waals surface area contributed by atoms with E-state index in [4.69, 9.17) is 0 Å². The molecule has 0 aromatic heterocycles. The van der Waals surface area contributed by atoms with Gasteiger partial charge in [0.05, 0.1) is 6.04 Å². The second-order valence-corrected chi connectivity index (χ2v) is 17.1. The van der Waals surface area contributed by atoms with Crippen molar-refractivity contribution in [2.75, 3.05) is 0 Å². The number of aliphatic hydroxyl groups is 1. The molecule has 0 aliphatic heterocycles. The van der Waals surface area contributed by atoms with Gasteiger partial charge in [-0.05, 0) is 60.5 Å². The van der Waals surface area contributed by atoms with Crippen molar-refractivity contribution in [3.05, 3.63) is 69.8 Å². The Bertz CT molecular complexity index is 1150. The highest BCUT2D eigenvalue weighted by atomic mass is 19.4. The minimum Gasteiger partial charge on any atom is -0.378 e. The number of benzene rings is 2. The van der Waals surface area contributed by atoms with Crippen molar-refractivity contribution in [1.29, 1.82) is 0 Å². The summed E-state index contributed by atoms with van der Waals surface area (Å²) < 4.78 is 41.3. The molecule has 0 bridgehead atoms. The van der Waals surface area contributed by atoms with E-state index in [9.17, 15) is 23.1 Å². The molecular formula is C36H54F3NO2. The van der Waals surface area contributed by atoms with Gasteiger partial charge in [0, 0.05) is 0 Å². The number of halogens is 3. The summed E-state index contributed by atoms with van der Waals surface area (Å²) in [6, 6.07) is 10.5. The lowest BCUT2D eigenvalue weighted by atomic mass is 9.66. The molecular weight excluding hydrogens is 535 g/mol. The van der Waals surface area contributed by atoms with Crippen LogP contribution in [0.15, 0.2) is 36.4 Å². The Labute approximate surface area is 252 Å². The SMILES string of the molecule is CC(C)(C)c1cc(C(C)(C)C)cc(C(O)(c2cc(C(C)(C)C)cc(C(C)(C)C)c2)[C@@H](NC(=O)C(F)(F)F)C(C)(C)C)c1. The Morgan fingerprint density at radius 1 is 0.548 bits per heavy atom. The second kappa shape index (κ2) is 11.0. The van der Waals surface area contributed by atoms with E-state index in [1.807, 2.05) is 24.3 Å². The van der Waals surface area contributed by atoms with Gasteiger partial charge in [-0.2, -0.15) is 13.2 Å². The molecule has 6 heteroatoms. The number of alkyl halides is 3. The first-order valence-electron chi connectivity index (χ1n) is 14.8. The maximum Gasteiger partial charge on any atom is 0.471 e. The first-order chi connectivity index (χ1) is 18.4. The molecule has 0 saturated carbocycles. The van der Waals surface area contributed by atoms with Crippen molar-refractivity contribution in [2.24, 2.45) is 5.41 Å². The van der Waals surface area contributed by atoms with Crippen LogP contribution in [0.2, 0.25) is 0 Å². The third-order valence-corrected chi connectivity index (χ3v) is 8.03. The molecule has 1 atom stereocenters. The van der Waals surface area contributed by atoms with E-state index in [2.05, 4.69) is 101 Å². The molecule has 2 N–H and O–H groups in total. The third-order valence-electron chi connectivity index (χ3n) is 8.03. The predicted molar refractivity (Wildman–Crippen MR) is 168 cm³/mol. The van der Waals surface area contributed by atoms with Gasteiger partial charge in [-0.25, -0.2) is 0 Å². The smallest absolute Gasteiger partial charge is 0.378 e. The summed E-state index contributed by atoms with van der Waals surface area (Å²) >= 11 is 0. The molecule has 2 aromatic carbocycles. The van der Waals surface area contributed by atoms with Crippen LogP contribution >= 0.6 is 0 Å². The number of rotatable bonds is 4. The molecule has 42 heavy (non-hydrogen) atoms. The molecule has 3 nitrogen and oxygen atoms in total. The minimum absolute atomic E-state index is 0.312. The number of carbonyl (C=O) groups is 1. The van der Waals surface area contributed by atoms with Gasteiger partial charge in [-0.1, -0.05) is 140 Å². The fraction of sp³-hybridized carbons (Fsp3) is 0.639. The van der Waals surface area contributed by atoms with Crippen molar-refractivity contribution in [1.82, 2.24) is 5.32 Å². The molecule has 0 spiro atoms. The highest BCUT2D eigenvalue weighted by Crippen LogP contribution is 2.45. The van der Waals surface area contributed by atoms with Gasteiger partial charge in [-0.15, -0.1) is 0 Å². The fourth-order valence-electron chi connectivity index (χ4n) is 5.09. The third kappa shape index (κ3) is 7.98. The van der Waals surface area contributed by atoms with Gasteiger partial charge in [0.2, 0.25) is 0 Å². The average molecular weight is 590 g/mol. The zero-order valence-electron chi connectivity index (χ0n) is 28.5. The monoisotopic (exact) mass is 589 g/mol. The van der Waals surface area contributed by atoms with Gasteiger partial charge in [0.15, 0.2) is 0 Å². The lowest BCUT2D eigenvalue weighted by molar-refractivity contribution is -0.177. The van der Waals surface area contributed by atoms with Crippen molar-refractivity contribution in [3.8, 4) is 0 Å². The molecule has 2 aromatic rings. The normalized spacial score (nSPS) is 15.0. The van der Waals surface area contributed by atoms with E-state index >= 15 is 0 Å². The summed E-state index contributed by atoms with van der Waals surface area (Å²) in [5.41, 5.74) is 0.447. The minimum atomic E-state index is -5.11. The summed E-state index contributed by atoms with van der Waals surface area (Å²) in [6.07, 6.45) is -5.11. The predicted octanol–water partition coefficient (Wildman–Crippen LogP) is 9.21. The Kier molecular flexibility index (Phi) is 9.37. The van der Waals surface area contributed by atoms with Crippen molar-refractivity contribution in [2.45, 2.75) is 143 Å². The first-order valence-corrected chi connectivity index (χ1v) is 14.8. The number of amides is 1. The first kappa shape index (κ1) is 35.9. The van der Waals surface area contributed by atoms with Gasteiger partial charge < -0.3 is 10.4 Å². The van der Waals surface area contributed by atoms with Crippen LogP contribution in [0.3, 0.4) is 0 Å². The number of carbonyl (C=O) groups excluding carboxylic acids is 1. The Hall–Kier alpha value is -2.34. The van der Waals surface area contributed by atoms with E-state index in [1.54, 1.807) is 20.8 Å². The Morgan fingerprint density at radius 2 is 0.786 bits per heavy atom. The number of nitrogens with one attached hydrogen (secondary N) is 1. The molecule has 2 rings (SSSR count). The average Bonchev–Trinajstić information content (AvgIpc) is 2.77. The fourth-order valence-corrected chi connectivity index (χ4v) is 5.09. The summed E-state index contributed by atoms with van der Waals surface area (Å²) in [5.74, 6) is -2.08.